The van der Waals surface area contributed by atoms with E-state index in [0.717, 1.165) is 24.9 Å². The smallest absolute Gasteiger partial charge is 0.251 e. The summed E-state index contributed by atoms with van der Waals surface area (Å²) in [5, 5.41) is 7.06. The number of aromatic nitrogens is 1. The van der Waals surface area contributed by atoms with Crippen LogP contribution in [0.25, 0.3) is 10.9 Å². The molecule has 0 bridgehead atoms. The van der Waals surface area contributed by atoms with Gasteiger partial charge in [0.2, 0.25) is 0 Å². The van der Waals surface area contributed by atoms with Gasteiger partial charge in [0.25, 0.3) is 5.91 Å². The summed E-state index contributed by atoms with van der Waals surface area (Å²) in [4.78, 5) is 11.8. The van der Waals surface area contributed by atoms with E-state index in [1.807, 2.05) is 25.2 Å². The molecule has 0 aliphatic heterocycles. The van der Waals surface area contributed by atoms with E-state index in [9.17, 15) is 4.79 Å². The summed E-state index contributed by atoms with van der Waals surface area (Å²) < 4.78 is 2.29. The zero-order valence-corrected chi connectivity index (χ0v) is 12.4. The summed E-state index contributed by atoms with van der Waals surface area (Å²) >= 11 is 0. The van der Waals surface area contributed by atoms with Gasteiger partial charge >= 0.3 is 0 Å². The highest BCUT2D eigenvalue weighted by molar-refractivity contribution is 5.97. The van der Waals surface area contributed by atoms with Crippen LogP contribution in [0.1, 0.15) is 36.2 Å². The van der Waals surface area contributed by atoms with Gasteiger partial charge in [-0.05, 0) is 50.0 Å². The quantitative estimate of drug-likeness (QED) is 0.849. The minimum absolute atomic E-state index is 0.0390. The zero-order valence-electron chi connectivity index (χ0n) is 12.4. The fraction of sp³-hybridized carbons (Fsp3) is 0.438. The molecule has 1 amide bonds. The maximum Gasteiger partial charge on any atom is 0.251 e. The van der Waals surface area contributed by atoms with E-state index >= 15 is 0 Å². The lowest BCUT2D eigenvalue weighted by molar-refractivity contribution is 0.0963. The molecule has 0 aliphatic rings. The van der Waals surface area contributed by atoms with Gasteiger partial charge in [0, 0.05) is 30.4 Å². The Morgan fingerprint density at radius 1 is 1.30 bits per heavy atom. The number of amides is 1. The highest BCUT2D eigenvalue weighted by Gasteiger charge is 2.12. The second-order valence-electron chi connectivity index (χ2n) is 5.03. The van der Waals surface area contributed by atoms with E-state index in [1.165, 1.54) is 5.39 Å². The third kappa shape index (κ3) is 2.85. The van der Waals surface area contributed by atoms with Crippen molar-refractivity contribution in [3.8, 4) is 0 Å². The van der Waals surface area contributed by atoms with Gasteiger partial charge in [0.1, 0.15) is 0 Å². The first-order valence-electron chi connectivity index (χ1n) is 7.18. The van der Waals surface area contributed by atoms with Crippen LogP contribution in [0.5, 0.6) is 0 Å². The van der Waals surface area contributed by atoms with Crippen LogP contribution in [0.2, 0.25) is 0 Å². The Balaban J connectivity index is 2.40. The van der Waals surface area contributed by atoms with Gasteiger partial charge in [0.05, 0.1) is 0 Å². The predicted molar refractivity (Wildman–Crippen MR) is 83.2 cm³/mol. The summed E-state index contributed by atoms with van der Waals surface area (Å²) in [6.45, 7) is 3.20. The number of fused-ring (bicyclic) bond motifs is 1. The molecule has 0 radical (unpaired) electrons. The summed E-state index contributed by atoms with van der Waals surface area (Å²) in [6.07, 6.45) is 4.29. The molecular weight excluding hydrogens is 250 g/mol. The summed E-state index contributed by atoms with van der Waals surface area (Å²) in [7, 11) is 3.64. The molecule has 2 rings (SSSR count). The van der Waals surface area contributed by atoms with Crippen molar-refractivity contribution < 1.29 is 4.79 Å². The van der Waals surface area contributed by atoms with Crippen molar-refractivity contribution in [2.45, 2.75) is 25.8 Å². The summed E-state index contributed by atoms with van der Waals surface area (Å²) in [5.74, 6) is -0.0390. The Bertz CT molecular complexity index is 588. The summed E-state index contributed by atoms with van der Waals surface area (Å²) in [5.41, 5.74) is 1.84. The fourth-order valence-corrected chi connectivity index (χ4v) is 2.60. The number of carbonyl (C=O) groups excluding carboxylic acids is 1. The number of hydrogen-bond acceptors (Lipinski definition) is 2. The standard InChI is InChI=1S/C16H23N3O/c1-4-14(7-9-17-2)19-10-8-12-5-6-13(11-15(12)19)16(20)18-3/h5-6,8,10-11,14,17H,4,7,9H2,1-3H3,(H,18,20). The number of rotatable bonds is 6. The number of nitrogens with zero attached hydrogens (tertiary/aromatic N) is 1. The van der Waals surface area contributed by atoms with Crippen molar-refractivity contribution in [3.63, 3.8) is 0 Å². The lowest BCUT2D eigenvalue weighted by Crippen LogP contribution is -2.18. The van der Waals surface area contributed by atoms with Crippen LogP contribution >= 0.6 is 0 Å². The van der Waals surface area contributed by atoms with Crippen LogP contribution in [-0.2, 0) is 0 Å². The number of hydrogen-bond donors (Lipinski definition) is 2. The van der Waals surface area contributed by atoms with Crippen LogP contribution < -0.4 is 10.6 Å². The Hall–Kier alpha value is -1.81. The lowest BCUT2D eigenvalue weighted by Gasteiger charge is -2.18. The molecule has 0 saturated carbocycles. The molecule has 2 N–H and O–H groups in total. The van der Waals surface area contributed by atoms with Gasteiger partial charge < -0.3 is 15.2 Å². The molecule has 0 spiro atoms. The molecular formula is C16H23N3O. The van der Waals surface area contributed by atoms with Crippen LogP contribution in [0.4, 0.5) is 0 Å². The SMILES string of the molecule is CCC(CCNC)n1ccc2ccc(C(=O)NC)cc21. The Morgan fingerprint density at radius 2 is 2.10 bits per heavy atom. The zero-order chi connectivity index (χ0) is 14.5. The van der Waals surface area contributed by atoms with E-state index in [0.29, 0.717) is 11.6 Å². The highest BCUT2D eigenvalue weighted by atomic mass is 16.1. The monoisotopic (exact) mass is 273 g/mol. The molecule has 0 aliphatic carbocycles. The average Bonchev–Trinajstić information content (AvgIpc) is 2.90. The molecule has 108 valence electrons. The first-order chi connectivity index (χ1) is 9.71. The molecule has 1 heterocycles. The number of benzene rings is 1. The van der Waals surface area contributed by atoms with Gasteiger partial charge in [-0.2, -0.15) is 0 Å². The van der Waals surface area contributed by atoms with Gasteiger partial charge in [0.15, 0.2) is 0 Å². The second kappa shape index (κ2) is 6.57. The van der Waals surface area contributed by atoms with Crippen molar-refractivity contribution in [2.24, 2.45) is 0 Å². The molecule has 1 unspecified atom stereocenters. The van der Waals surface area contributed by atoms with Crippen LogP contribution in [0.3, 0.4) is 0 Å². The molecule has 20 heavy (non-hydrogen) atoms. The lowest BCUT2D eigenvalue weighted by atomic mass is 10.1. The van der Waals surface area contributed by atoms with E-state index in [2.05, 4.69) is 34.4 Å². The van der Waals surface area contributed by atoms with Gasteiger partial charge in [-0.3, -0.25) is 4.79 Å². The first kappa shape index (κ1) is 14.6. The van der Waals surface area contributed by atoms with Gasteiger partial charge in [-0.1, -0.05) is 13.0 Å². The molecule has 1 atom stereocenters. The Morgan fingerprint density at radius 3 is 2.75 bits per heavy atom. The van der Waals surface area contributed by atoms with Crippen LogP contribution in [0, 0.1) is 0 Å². The molecule has 4 nitrogen and oxygen atoms in total. The Labute approximate surface area is 120 Å². The highest BCUT2D eigenvalue weighted by Crippen LogP contribution is 2.25. The van der Waals surface area contributed by atoms with Crippen LogP contribution in [0.15, 0.2) is 30.5 Å². The third-order valence-electron chi connectivity index (χ3n) is 3.80. The molecule has 4 heteroatoms. The number of carbonyl (C=O) groups is 1. The normalized spacial score (nSPS) is 12.6. The van der Waals surface area contributed by atoms with Gasteiger partial charge in [-0.15, -0.1) is 0 Å². The van der Waals surface area contributed by atoms with E-state index < -0.39 is 0 Å². The maximum atomic E-state index is 11.8. The van der Waals surface area contributed by atoms with E-state index in [1.54, 1.807) is 7.05 Å². The van der Waals surface area contributed by atoms with E-state index in [-0.39, 0.29) is 5.91 Å². The minimum atomic E-state index is -0.0390. The van der Waals surface area contributed by atoms with Crippen molar-refractivity contribution in [1.82, 2.24) is 15.2 Å². The van der Waals surface area contributed by atoms with Gasteiger partial charge in [-0.25, -0.2) is 0 Å². The largest absolute Gasteiger partial charge is 0.355 e. The molecule has 1 aromatic heterocycles. The molecule has 2 aromatic rings. The van der Waals surface area contributed by atoms with Crippen LogP contribution in [-0.4, -0.2) is 31.1 Å². The van der Waals surface area contributed by atoms with E-state index in [4.69, 9.17) is 0 Å². The minimum Gasteiger partial charge on any atom is -0.355 e. The molecule has 0 saturated heterocycles. The molecule has 0 fully saturated rings. The summed E-state index contributed by atoms with van der Waals surface area (Å²) in [6, 6.07) is 8.45. The molecule has 1 aromatic carbocycles. The second-order valence-corrected chi connectivity index (χ2v) is 5.03. The fourth-order valence-electron chi connectivity index (χ4n) is 2.60. The van der Waals surface area contributed by atoms with Crippen molar-refractivity contribution in [2.75, 3.05) is 20.6 Å². The van der Waals surface area contributed by atoms with Crippen molar-refractivity contribution >= 4 is 16.8 Å². The van der Waals surface area contributed by atoms with Crippen molar-refractivity contribution in [1.29, 1.82) is 0 Å². The van der Waals surface area contributed by atoms with Crippen molar-refractivity contribution in [3.05, 3.63) is 36.0 Å². The first-order valence-corrected chi connectivity index (χ1v) is 7.18. The number of nitrogens with one attached hydrogen (secondary N) is 2. The topological polar surface area (TPSA) is 46.1 Å². The average molecular weight is 273 g/mol. The maximum absolute atomic E-state index is 11.8. The third-order valence-corrected chi connectivity index (χ3v) is 3.80. The predicted octanol–water partition coefficient (Wildman–Crippen LogP) is 2.56. The Kier molecular flexibility index (Phi) is 4.79.